The van der Waals surface area contributed by atoms with Crippen LogP contribution < -0.4 is 0 Å². The lowest BCUT2D eigenvalue weighted by molar-refractivity contribution is 0.177. The molecule has 2 atom stereocenters. The third-order valence-electron chi connectivity index (χ3n) is 3.44. The molecule has 0 aliphatic heterocycles. The van der Waals surface area contributed by atoms with Crippen LogP contribution in [0.4, 0.5) is 0 Å². The molecule has 1 N–H and O–H groups in total. The zero-order valence-electron chi connectivity index (χ0n) is 11.6. The first-order valence-corrected chi connectivity index (χ1v) is 7.44. The van der Waals surface area contributed by atoms with Gasteiger partial charge in [-0.2, -0.15) is 5.10 Å². The lowest BCUT2D eigenvalue weighted by Crippen LogP contribution is -2.07. The monoisotopic (exact) mass is 312 g/mol. The van der Waals surface area contributed by atoms with Gasteiger partial charge in [0.25, 0.3) is 0 Å². The van der Waals surface area contributed by atoms with Crippen molar-refractivity contribution in [2.75, 3.05) is 0 Å². The van der Waals surface area contributed by atoms with Gasteiger partial charge in [-0.15, -0.1) is 0 Å². The maximum atomic E-state index is 10.3. The molecule has 0 saturated carbocycles. The molecule has 1 heterocycles. The average molecular weight is 313 g/mol. The normalized spacial score (nSPS) is 14.2. The number of aliphatic hydroxyl groups is 1. The quantitative estimate of drug-likeness (QED) is 0.886. The molecule has 0 radical (unpaired) electrons. The molecule has 1 aromatic carbocycles. The van der Waals surface area contributed by atoms with Crippen molar-refractivity contribution in [2.45, 2.75) is 38.8 Å². The van der Waals surface area contributed by atoms with Crippen LogP contribution in [0.15, 0.2) is 30.5 Å². The van der Waals surface area contributed by atoms with Crippen LogP contribution >= 0.6 is 23.2 Å². The van der Waals surface area contributed by atoms with Crippen molar-refractivity contribution in [2.24, 2.45) is 0 Å². The van der Waals surface area contributed by atoms with E-state index in [0.717, 1.165) is 12.1 Å². The number of halogens is 2. The Morgan fingerprint density at radius 2 is 1.90 bits per heavy atom. The van der Waals surface area contributed by atoms with Crippen molar-refractivity contribution in [3.05, 3.63) is 51.8 Å². The van der Waals surface area contributed by atoms with Gasteiger partial charge in [-0.3, -0.25) is 4.68 Å². The van der Waals surface area contributed by atoms with Crippen LogP contribution in [0.25, 0.3) is 0 Å². The molecule has 5 heteroatoms. The highest BCUT2D eigenvalue weighted by atomic mass is 35.5. The Balaban J connectivity index is 2.15. The molecule has 3 nitrogen and oxygen atoms in total. The molecule has 0 fully saturated rings. The predicted molar refractivity (Wildman–Crippen MR) is 82.4 cm³/mol. The minimum absolute atomic E-state index is 0.352. The number of benzene rings is 1. The van der Waals surface area contributed by atoms with Crippen molar-refractivity contribution in [3.8, 4) is 0 Å². The van der Waals surface area contributed by atoms with Gasteiger partial charge in [0.1, 0.15) is 0 Å². The van der Waals surface area contributed by atoms with E-state index in [1.807, 2.05) is 16.9 Å². The Bertz CT molecular complexity index is 563. The van der Waals surface area contributed by atoms with Crippen LogP contribution in [-0.4, -0.2) is 14.9 Å². The molecule has 0 spiro atoms. The lowest BCUT2D eigenvalue weighted by Gasteiger charge is -2.13. The summed E-state index contributed by atoms with van der Waals surface area (Å²) in [6, 6.07) is 7.48. The first kappa shape index (κ1) is 15.4. The largest absolute Gasteiger partial charge is 0.388 e. The van der Waals surface area contributed by atoms with Gasteiger partial charge in [0.05, 0.1) is 11.8 Å². The van der Waals surface area contributed by atoms with E-state index in [4.69, 9.17) is 23.2 Å². The van der Waals surface area contributed by atoms with E-state index in [-0.39, 0.29) is 0 Å². The van der Waals surface area contributed by atoms with Gasteiger partial charge in [-0.1, -0.05) is 36.2 Å². The summed E-state index contributed by atoms with van der Waals surface area (Å²) >= 11 is 12.2. The number of aromatic nitrogens is 2. The lowest BCUT2D eigenvalue weighted by atomic mass is 10.0. The fraction of sp³-hybridized carbons (Fsp3) is 0.400. The van der Waals surface area contributed by atoms with Crippen LogP contribution in [0.5, 0.6) is 0 Å². The second-order valence-electron chi connectivity index (χ2n) is 4.90. The highest BCUT2D eigenvalue weighted by Gasteiger charge is 2.17. The molecule has 0 aliphatic carbocycles. The van der Waals surface area contributed by atoms with Crippen LogP contribution in [-0.2, 0) is 6.42 Å². The summed E-state index contributed by atoms with van der Waals surface area (Å²) < 4.78 is 1.91. The summed E-state index contributed by atoms with van der Waals surface area (Å²) in [6.07, 6.45) is 2.59. The van der Waals surface area contributed by atoms with E-state index >= 15 is 0 Å². The summed E-state index contributed by atoms with van der Waals surface area (Å²) in [4.78, 5) is 0. The van der Waals surface area contributed by atoms with E-state index in [9.17, 15) is 5.11 Å². The van der Waals surface area contributed by atoms with Crippen LogP contribution in [0.3, 0.4) is 0 Å². The van der Waals surface area contributed by atoms with E-state index in [1.54, 1.807) is 18.2 Å². The van der Waals surface area contributed by atoms with Crippen molar-refractivity contribution in [3.63, 3.8) is 0 Å². The third-order valence-corrected chi connectivity index (χ3v) is 4.10. The summed E-state index contributed by atoms with van der Waals surface area (Å²) in [7, 11) is 0. The fourth-order valence-corrected chi connectivity index (χ4v) is 2.70. The Morgan fingerprint density at radius 3 is 2.50 bits per heavy atom. The smallest absolute Gasteiger partial charge is 0.0875 e. The van der Waals surface area contributed by atoms with Gasteiger partial charge in [-0.25, -0.2) is 0 Å². The van der Waals surface area contributed by atoms with E-state index in [0.29, 0.717) is 28.1 Å². The Hall–Kier alpha value is -1.03. The number of nitrogens with zero attached hydrogens (tertiary/aromatic N) is 2. The van der Waals surface area contributed by atoms with E-state index in [1.165, 1.54) is 0 Å². The first-order valence-electron chi connectivity index (χ1n) is 6.69. The summed E-state index contributed by atoms with van der Waals surface area (Å²) in [5.41, 5.74) is 1.39. The van der Waals surface area contributed by atoms with Gasteiger partial charge < -0.3 is 5.11 Å². The zero-order chi connectivity index (χ0) is 14.7. The maximum absolute atomic E-state index is 10.3. The topological polar surface area (TPSA) is 38.0 Å². The number of aliphatic hydroxyl groups excluding tert-OH is 1. The molecule has 0 aliphatic rings. The highest BCUT2D eigenvalue weighted by molar-refractivity contribution is 6.36. The molecule has 0 amide bonds. The molecule has 2 rings (SSSR count). The first-order chi connectivity index (χ1) is 9.52. The molecular formula is C15H18Cl2N2O. The van der Waals surface area contributed by atoms with Gasteiger partial charge in [-0.05, 0) is 31.5 Å². The summed E-state index contributed by atoms with van der Waals surface area (Å²) in [5, 5.41) is 15.8. The van der Waals surface area contributed by atoms with Crippen LogP contribution in [0, 0.1) is 0 Å². The van der Waals surface area contributed by atoms with Gasteiger partial charge in [0, 0.05) is 34.3 Å². The van der Waals surface area contributed by atoms with Gasteiger partial charge in [0.2, 0.25) is 0 Å². The zero-order valence-corrected chi connectivity index (χ0v) is 13.1. The van der Waals surface area contributed by atoms with Crippen molar-refractivity contribution < 1.29 is 5.11 Å². The van der Waals surface area contributed by atoms with Gasteiger partial charge in [0.15, 0.2) is 0 Å². The van der Waals surface area contributed by atoms with Crippen LogP contribution in [0.2, 0.25) is 10.0 Å². The molecule has 0 bridgehead atoms. The third kappa shape index (κ3) is 3.35. The minimum Gasteiger partial charge on any atom is -0.388 e. The Labute approximate surface area is 129 Å². The second-order valence-corrected chi connectivity index (χ2v) is 5.71. The van der Waals surface area contributed by atoms with E-state index < -0.39 is 6.10 Å². The Morgan fingerprint density at radius 1 is 1.25 bits per heavy atom. The predicted octanol–water partition coefficient (Wildman–Crippen LogP) is 4.44. The second kappa shape index (κ2) is 6.61. The highest BCUT2D eigenvalue weighted by Crippen LogP contribution is 2.31. The number of hydrogen-bond acceptors (Lipinski definition) is 2. The van der Waals surface area contributed by atoms with Crippen LogP contribution in [0.1, 0.15) is 43.7 Å². The minimum atomic E-state index is -0.753. The molecule has 108 valence electrons. The molecule has 2 unspecified atom stereocenters. The van der Waals surface area contributed by atoms with Crippen molar-refractivity contribution >= 4 is 23.2 Å². The molecular weight excluding hydrogens is 295 g/mol. The molecule has 1 aromatic heterocycles. The standard InChI is InChI=1S/C15H18Cl2N2O/c1-3-10(2)19-8-7-11(18-19)9-14(20)15-12(16)5-4-6-13(15)17/h4-8,10,14,20H,3,9H2,1-2H3. The Kier molecular flexibility index (Phi) is 5.08. The molecule has 2 aromatic rings. The maximum Gasteiger partial charge on any atom is 0.0875 e. The number of rotatable bonds is 5. The SMILES string of the molecule is CCC(C)n1ccc(CC(O)c2c(Cl)cccc2Cl)n1. The van der Waals surface area contributed by atoms with Crippen molar-refractivity contribution in [1.29, 1.82) is 0 Å². The summed E-state index contributed by atoms with van der Waals surface area (Å²) in [6.45, 7) is 4.22. The average Bonchev–Trinajstić information content (AvgIpc) is 2.86. The molecule has 0 saturated heterocycles. The van der Waals surface area contributed by atoms with Crippen molar-refractivity contribution in [1.82, 2.24) is 9.78 Å². The van der Waals surface area contributed by atoms with Gasteiger partial charge >= 0.3 is 0 Å². The fourth-order valence-electron chi connectivity index (χ4n) is 2.05. The summed E-state index contributed by atoms with van der Waals surface area (Å²) in [5.74, 6) is 0. The molecule has 20 heavy (non-hydrogen) atoms. The van der Waals surface area contributed by atoms with E-state index in [2.05, 4.69) is 18.9 Å². The number of hydrogen-bond donors (Lipinski definition) is 1.